The fraction of sp³-hybridized carbons (Fsp3) is 0.875. The number of carbonyl (C=O) groups excluding carboxylic acids is 1. The van der Waals surface area contributed by atoms with Gasteiger partial charge in [-0.2, -0.15) is 12.6 Å². The standard InChI is InChI=1S/C8H16O2S/c1-3-7(2)10-8(9)5-4-6-11/h7,11H,3-6H2,1-2H3. The summed E-state index contributed by atoms with van der Waals surface area (Å²) in [6.45, 7) is 3.90. The molecule has 0 aromatic carbocycles. The Morgan fingerprint density at radius 2 is 2.27 bits per heavy atom. The van der Waals surface area contributed by atoms with Crippen LogP contribution in [0.3, 0.4) is 0 Å². The first-order valence-corrected chi connectivity index (χ1v) is 4.64. The van der Waals surface area contributed by atoms with E-state index in [0.29, 0.717) is 6.42 Å². The summed E-state index contributed by atoms with van der Waals surface area (Å²) < 4.78 is 5.03. The summed E-state index contributed by atoms with van der Waals surface area (Å²) >= 11 is 4.00. The predicted molar refractivity (Wildman–Crippen MR) is 48.9 cm³/mol. The Kier molecular flexibility index (Phi) is 6.42. The highest BCUT2D eigenvalue weighted by Gasteiger charge is 2.05. The van der Waals surface area contributed by atoms with Gasteiger partial charge in [-0.3, -0.25) is 4.79 Å². The number of rotatable bonds is 5. The maximum absolute atomic E-state index is 10.9. The van der Waals surface area contributed by atoms with E-state index in [0.717, 1.165) is 18.6 Å². The normalized spacial score (nSPS) is 12.6. The molecule has 0 aromatic rings. The fourth-order valence-corrected chi connectivity index (χ4v) is 0.748. The van der Waals surface area contributed by atoms with Crippen LogP contribution in [0.2, 0.25) is 0 Å². The molecule has 0 radical (unpaired) electrons. The molecule has 0 saturated carbocycles. The average molecular weight is 176 g/mol. The van der Waals surface area contributed by atoms with Crippen LogP contribution >= 0.6 is 12.6 Å². The van der Waals surface area contributed by atoms with Crippen LogP contribution in [0, 0.1) is 0 Å². The van der Waals surface area contributed by atoms with Crippen molar-refractivity contribution in [2.75, 3.05) is 5.75 Å². The molecule has 0 bridgehead atoms. The Hall–Kier alpha value is -0.180. The molecule has 0 aliphatic carbocycles. The smallest absolute Gasteiger partial charge is 0.306 e. The van der Waals surface area contributed by atoms with E-state index in [1.165, 1.54) is 0 Å². The zero-order valence-electron chi connectivity index (χ0n) is 7.17. The van der Waals surface area contributed by atoms with E-state index in [1.807, 2.05) is 13.8 Å². The van der Waals surface area contributed by atoms with Gasteiger partial charge in [0.2, 0.25) is 0 Å². The van der Waals surface area contributed by atoms with Crippen LogP contribution in [-0.2, 0) is 9.53 Å². The number of hydrogen-bond acceptors (Lipinski definition) is 3. The maximum atomic E-state index is 10.9. The number of esters is 1. The van der Waals surface area contributed by atoms with E-state index < -0.39 is 0 Å². The minimum Gasteiger partial charge on any atom is -0.463 e. The van der Waals surface area contributed by atoms with Crippen LogP contribution in [0.15, 0.2) is 0 Å². The zero-order chi connectivity index (χ0) is 8.69. The Morgan fingerprint density at radius 3 is 2.73 bits per heavy atom. The number of carbonyl (C=O) groups is 1. The molecule has 2 nitrogen and oxygen atoms in total. The van der Waals surface area contributed by atoms with Crippen molar-refractivity contribution in [3.63, 3.8) is 0 Å². The summed E-state index contributed by atoms with van der Waals surface area (Å²) in [5.74, 6) is 0.642. The molecule has 0 spiro atoms. The molecule has 66 valence electrons. The number of thiol groups is 1. The van der Waals surface area contributed by atoms with E-state index in [-0.39, 0.29) is 12.1 Å². The Morgan fingerprint density at radius 1 is 1.64 bits per heavy atom. The molecule has 0 aromatic heterocycles. The molecule has 0 fully saturated rings. The number of ether oxygens (including phenoxy) is 1. The predicted octanol–water partition coefficient (Wildman–Crippen LogP) is 2.04. The van der Waals surface area contributed by atoms with Crippen molar-refractivity contribution in [2.24, 2.45) is 0 Å². The summed E-state index contributed by atoms with van der Waals surface area (Å²) in [5, 5.41) is 0. The highest BCUT2D eigenvalue weighted by atomic mass is 32.1. The van der Waals surface area contributed by atoms with Gasteiger partial charge in [0.05, 0.1) is 6.10 Å². The lowest BCUT2D eigenvalue weighted by atomic mass is 10.3. The van der Waals surface area contributed by atoms with Crippen molar-refractivity contribution < 1.29 is 9.53 Å². The summed E-state index contributed by atoms with van der Waals surface area (Å²) in [7, 11) is 0. The van der Waals surface area contributed by atoms with Crippen LogP contribution in [0.25, 0.3) is 0 Å². The molecule has 1 atom stereocenters. The third-order valence-electron chi connectivity index (χ3n) is 1.45. The SMILES string of the molecule is CCC(C)OC(=O)CCCS. The third-order valence-corrected chi connectivity index (χ3v) is 1.76. The molecule has 3 heteroatoms. The highest BCUT2D eigenvalue weighted by molar-refractivity contribution is 7.80. The zero-order valence-corrected chi connectivity index (χ0v) is 8.06. The van der Waals surface area contributed by atoms with Gasteiger partial charge < -0.3 is 4.74 Å². The summed E-state index contributed by atoms with van der Waals surface area (Å²) in [5.41, 5.74) is 0. The molecule has 0 amide bonds. The maximum Gasteiger partial charge on any atom is 0.306 e. The largest absolute Gasteiger partial charge is 0.463 e. The van der Waals surface area contributed by atoms with E-state index in [9.17, 15) is 4.79 Å². The Balaban J connectivity index is 3.36. The molecule has 0 aliphatic heterocycles. The topological polar surface area (TPSA) is 26.3 Å². The van der Waals surface area contributed by atoms with Crippen LogP contribution < -0.4 is 0 Å². The van der Waals surface area contributed by atoms with E-state index in [4.69, 9.17) is 4.74 Å². The molecular formula is C8H16O2S. The van der Waals surface area contributed by atoms with Gasteiger partial charge in [-0.1, -0.05) is 6.92 Å². The van der Waals surface area contributed by atoms with Crippen molar-refractivity contribution >= 4 is 18.6 Å². The van der Waals surface area contributed by atoms with Gasteiger partial charge in [0, 0.05) is 6.42 Å². The Bertz CT molecular complexity index is 115. The first-order valence-electron chi connectivity index (χ1n) is 4.01. The van der Waals surface area contributed by atoms with Crippen molar-refractivity contribution in [1.29, 1.82) is 0 Å². The first-order chi connectivity index (χ1) is 5.20. The monoisotopic (exact) mass is 176 g/mol. The van der Waals surface area contributed by atoms with E-state index >= 15 is 0 Å². The van der Waals surface area contributed by atoms with Gasteiger partial charge >= 0.3 is 5.97 Å². The molecule has 0 saturated heterocycles. The minimum atomic E-state index is -0.103. The summed E-state index contributed by atoms with van der Waals surface area (Å²) in [6, 6.07) is 0. The quantitative estimate of drug-likeness (QED) is 0.512. The average Bonchev–Trinajstić information content (AvgIpc) is 2.00. The molecule has 11 heavy (non-hydrogen) atoms. The summed E-state index contributed by atoms with van der Waals surface area (Å²) in [6.07, 6.45) is 2.24. The lowest BCUT2D eigenvalue weighted by Gasteiger charge is -2.09. The van der Waals surface area contributed by atoms with Gasteiger partial charge in [0.15, 0.2) is 0 Å². The third kappa shape index (κ3) is 6.23. The van der Waals surface area contributed by atoms with Gasteiger partial charge in [0.25, 0.3) is 0 Å². The molecule has 1 unspecified atom stereocenters. The molecule has 0 N–H and O–H groups in total. The van der Waals surface area contributed by atoms with Crippen molar-refractivity contribution in [1.82, 2.24) is 0 Å². The van der Waals surface area contributed by atoms with Gasteiger partial charge in [-0.15, -0.1) is 0 Å². The van der Waals surface area contributed by atoms with Crippen LogP contribution in [-0.4, -0.2) is 17.8 Å². The molecule has 0 aliphatic rings. The first kappa shape index (κ1) is 10.8. The van der Waals surface area contributed by atoms with Crippen LogP contribution in [0.5, 0.6) is 0 Å². The van der Waals surface area contributed by atoms with E-state index in [1.54, 1.807) is 0 Å². The fourth-order valence-electron chi connectivity index (χ4n) is 0.590. The van der Waals surface area contributed by atoms with Crippen molar-refractivity contribution in [2.45, 2.75) is 39.2 Å². The lowest BCUT2D eigenvalue weighted by Crippen LogP contribution is -2.13. The molecule has 0 heterocycles. The van der Waals surface area contributed by atoms with Crippen molar-refractivity contribution in [3.8, 4) is 0 Å². The van der Waals surface area contributed by atoms with Crippen LogP contribution in [0.4, 0.5) is 0 Å². The molecule has 0 rings (SSSR count). The second-order valence-corrected chi connectivity index (χ2v) is 2.98. The lowest BCUT2D eigenvalue weighted by molar-refractivity contribution is -0.148. The summed E-state index contributed by atoms with van der Waals surface area (Å²) in [4.78, 5) is 10.9. The minimum absolute atomic E-state index is 0.0578. The molecular weight excluding hydrogens is 160 g/mol. The van der Waals surface area contributed by atoms with E-state index in [2.05, 4.69) is 12.6 Å². The highest BCUT2D eigenvalue weighted by Crippen LogP contribution is 2.00. The van der Waals surface area contributed by atoms with Crippen molar-refractivity contribution in [3.05, 3.63) is 0 Å². The van der Waals surface area contributed by atoms with Gasteiger partial charge in [-0.05, 0) is 25.5 Å². The Labute approximate surface area is 73.7 Å². The van der Waals surface area contributed by atoms with Gasteiger partial charge in [0.1, 0.15) is 0 Å². The van der Waals surface area contributed by atoms with Gasteiger partial charge in [-0.25, -0.2) is 0 Å². The second-order valence-electron chi connectivity index (χ2n) is 2.54. The van der Waals surface area contributed by atoms with Crippen LogP contribution in [0.1, 0.15) is 33.1 Å². The number of hydrogen-bond donors (Lipinski definition) is 1. The second kappa shape index (κ2) is 6.53.